The van der Waals surface area contributed by atoms with Crippen LogP contribution in [-0.2, 0) is 0 Å². The van der Waals surface area contributed by atoms with E-state index in [1.807, 2.05) is 18.2 Å². The normalized spacial score (nSPS) is 21.4. The summed E-state index contributed by atoms with van der Waals surface area (Å²) in [5.74, 6) is 1.77. The molecule has 0 radical (unpaired) electrons. The largest absolute Gasteiger partial charge is 0.454 e. The van der Waals surface area contributed by atoms with Gasteiger partial charge in [-0.3, -0.25) is 10.1 Å². The minimum absolute atomic E-state index is 0.0634. The first-order valence-electron chi connectivity index (χ1n) is 7.84. The van der Waals surface area contributed by atoms with E-state index in [1.54, 1.807) is 12.1 Å². The first-order valence-corrected chi connectivity index (χ1v) is 7.84. The standard InChI is InChI=1S/C17H16N4O4/c18-17-19-13(10-1-4-12(5-2-10)21(22)23)8-14(20-17)11-3-6-15-16(7-11)25-9-24-15/h1-7,13-14H,8-9H2,(H3,18,19,20). The topological polar surface area (TPSA) is 112 Å². The van der Waals surface area contributed by atoms with Crippen LogP contribution in [0.2, 0.25) is 0 Å². The second-order valence-corrected chi connectivity index (χ2v) is 5.92. The van der Waals surface area contributed by atoms with E-state index in [4.69, 9.17) is 15.2 Å². The lowest BCUT2D eigenvalue weighted by Gasteiger charge is -2.28. The monoisotopic (exact) mass is 340 g/mol. The Morgan fingerprint density at radius 2 is 1.84 bits per heavy atom. The molecule has 0 saturated heterocycles. The lowest BCUT2D eigenvalue weighted by molar-refractivity contribution is -0.384. The Morgan fingerprint density at radius 3 is 2.60 bits per heavy atom. The molecule has 2 aromatic rings. The van der Waals surface area contributed by atoms with E-state index in [2.05, 4.69) is 10.3 Å². The maximum atomic E-state index is 10.8. The highest BCUT2D eigenvalue weighted by atomic mass is 16.7. The zero-order valence-electron chi connectivity index (χ0n) is 13.2. The Labute approximate surface area is 143 Å². The van der Waals surface area contributed by atoms with E-state index in [0.717, 1.165) is 16.9 Å². The molecule has 4 rings (SSSR count). The number of nitro groups is 1. The number of non-ortho nitro benzene ring substituents is 1. The first-order chi connectivity index (χ1) is 12.1. The summed E-state index contributed by atoms with van der Waals surface area (Å²) < 4.78 is 10.8. The van der Waals surface area contributed by atoms with Crippen LogP contribution in [0.25, 0.3) is 0 Å². The minimum atomic E-state index is -0.413. The molecule has 2 heterocycles. The third kappa shape index (κ3) is 2.93. The highest BCUT2D eigenvalue weighted by Gasteiger charge is 2.26. The maximum absolute atomic E-state index is 10.8. The fourth-order valence-electron chi connectivity index (χ4n) is 3.10. The molecule has 0 fully saturated rings. The second-order valence-electron chi connectivity index (χ2n) is 5.92. The van der Waals surface area contributed by atoms with Gasteiger partial charge < -0.3 is 20.5 Å². The zero-order valence-corrected chi connectivity index (χ0v) is 13.2. The van der Waals surface area contributed by atoms with E-state index in [1.165, 1.54) is 12.1 Å². The highest BCUT2D eigenvalue weighted by molar-refractivity contribution is 5.79. The van der Waals surface area contributed by atoms with Crippen molar-refractivity contribution in [2.75, 3.05) is 6.79 Å². The highest BCUT2D eigenvalue weighted by Crippen LogP contribution is 2.38. The van der Waals surface area contributed by atoms with Crippen LogP contribution in [0.3, 0.4) is 0 Å². The number of fused-ring (bicyclic) bond motifs is 1. The summed E-state index contributed by atoms with van der Waals surface area (Å²) in [6.07, 6.45) is 0.679. The van der Waals surface area contributed by atoms with Crippen molar-refractivity contribution in [3.63, 3.8) is 0 Å². The van der Waals surface area contributed by atoms with Gasteiger partial charge in [-0.15, -0.1) is 0 Å². The van der Waals surface area contributed by atoms with Crippen molar-refractivity contribution in [3.8, 4) is 11.5 Å². The van der Waals surface area contributed by atoms with Gasteiger partial charge in [0.1, 0.15) is 0 Å². The van der Waals surface area contributed by atoms with Crippen molar-refractivity contribution in [3.05, 3.63) is 63.7 Å². The predicted octanol–water partition coefficient (Wildman–Crippen LogP) is 2.41. The summed E-state index contributed by atoms with van der Waals surface area (Å²) in [4.78, 5) is 14.9. The van der Waals surface area contributed by atoms with Crippen LogP contribution in [0.15, 0.2) is 47.5 Å². The zero-order chi connectivity index (χ0) is 17.4. The average molecular weight is 340 g/mol. The molecule has 128 valence electrons. The van der Waals surface area contributed by atoms with Crippen LogP contribution in [0.5, 0.6) is 11.5 Å². The van der Waals surface area contributed by atoms with E-state index >= 15 is 0 Å². The Balaban J connectivity index is 1.59. The fraction of sp³-hybridized carbons (Fsp3) is 0.235. The number of nitrogens with zero attached hydrogens (tertiary/aromatic N) is 2. The van der Waals surface area contributed by atoms with Crippen molar-refractivity contribution >= 4 is 11.6 Å². The molecule has 2 atom stereocenters. The van der Waals surface area contributed by atoms with Crippen LogP contribution in [0.1, 0.15) is 29.6 Å². The van der Waals surface area contributed by atoms with E-state index in [-0.39, 0.29) is 24.6 Å². The number of rotatable bonds is 3. The molecule has 0 aliphatic carbocycles. The van der Waals surface area contributed by atoms with Crippen molar-refractivity contribution in [2.45, 2.75) is 18.5 Å². The molecule has 3 N–H and O–H groups in total. The quantitative estimate of drug-likeness (QED) is 0.655. The Morgan fingerprint density at radius 1 is 1.12 bits per heavy atom. The Bertz CT molecular complexity index is 850. The lowest BCUT2D eigenvalue weighted by Crippen LogP contribution is -2.39. The van der Waals surface area contributed by atoms with Crippen molar-refractivity contribution < 1.29 is 14.4 Å². The molecular weight excluding hydrogens is 324 g/mol. The number of nitrogens with two attached hydrogens (primary N) is 1. The number of nitrogens with one attached hydrogen (secondary N) is 1. The van der Waals surface area contributed by atoms with E-state index in [0.29, 0.717) is 18.1 Å². The SMILES string of the molecule is NC1=NC(c2ccc3c(c2)OCO3)CC(c2ccc([N+](=O)[O-])cc2)N1. The van der Waals surface area contributed by atoms with Gasteiger partial charge >= 0.3 is 0 Å². The molecule has 2 aliphatic heterocycles. The van der Waals surface area contributed by atoms with Gasteiger partial charge in [-0.1, -0.05) is 18.2 Å². The van der Waals surface area contributed by atoms with Crippen LogP contribution < -0.4 is 20.5 Å². The Hall–Kier alpha value is -3.29. The smallest absolute Gasteiger partial charge is 0.269 e. The fourth-order valence-corrected chi connectivity index (χ4v) is 3.10. The van der Waals surface area contributed by atoms with Gasteiger partial charge in [0, 0.05) is 12.1 Å². The predicted molar refractivity (Wildman–Crippen MR) is 90.5 cm³/mol. The number of hydrogen-bond acceptors (Lipinski definition) is 7. The summed E-state index contributed by atoms with van der Waals surface area (Å²) in [5, 5.41) is 13.9. The maximum Gasteiger partial charge on any atom is 0.269 e. The van der Waals surface area contributed by atoms with Gasteiger partial charge in [0.2, 0.25) is 6.79 Å². The molecule has 0 saturated carbocycles. The number of aliphatic imine (C=N–C) groups is 1. The molecule has 8 nitrogen and oxygen atoms in total. The summed E-state index contributed by atoms with van der Waals surface area (Å²) in [6, 6.07) is 12.0. The second kappa shape index (κ2) is 5.97. The molecule has 2 aromatic carbocycles. The van der Waals surface area contributed by atoms with Gasteiger partial charge in [0.15, 0.2) is 17.5 Å². The van der Waals surface area contributed by atoms with Crippen LogP contribution >= 0.6 is 0 Å². The summed E-state index contributed by atoms with van der Waals surface area (Å²) in [5.41, 5.74) is 7.93. The molecule has 0 bridgehead atoms. The summed E-state index contributed by atoms with van der Waals surface area (Å²) >= 11 is 0. The number of ether oxygens (including phenoxy) is 2. The number of nitro benzene ring substituents is 1. The molecule has 0 aromatic heterocycles. The van der Waals surface area contributed by atoms with Gasteiger partial charge in [0.05, 0.1) is 17.0 Å². The van der Waals surface area contributed by atoms with E-state index in [9.17, 15) is 10.1 Å². The van der Waals surface area contributed by atoms with E-state index < -0.39 is 4.92 Å². The van der Waals surface area contributed by atoms with Crippen LogP contribution in [0, 0.1) is 10.1 Å². The molecule has 25 heavy (non-hydrogen) atoms. The molecular formula is C17H16N4O4. The minimum Gasteiger partial charge on any atom is -0.454 e. The molecule has 0 amide bonds. The van der Waals surface area contributed by atoms with Crippen LogP contribution in [-0.4, -0.2) is 17.7 Å². The van der Waals surface area contributed by atoms with Gasteiger partial charge in [-0.05, 0) is 29.7 Å². The third-order valence-electron chi connectivity index (χ3n) is 4.36. The number of hydrogen-bond donors (Lipinski definition) is 2. The lowest BCUT2D eigenvalue weighted by atomic mass is 9.93. The van der Waals surface area contributed by atoms with Crippen LogP contribution in [0.4, 0.5) is 5.69 Å². The van der Waals surface area contributed by atoms with Crippen molar-refractivity contribution in [1.82, 2.24) is 5.32 Å². The molecule has 0 spiro atoms. The van der Waals surface area contributed by atoms with Gasteiger partial charge in [-0.25, -0.2) is 4.99 Å². The van der Waals surface area contributed by atoms with Gasteiger partial charge in [0.25, 0.3) is 5.69 Å². The van der Waals surface area contributed by atoms with Gasteiger partial charge in [-0.2, -0.15) is 0 Å². The Kier molecular flexibility index (Phi) is 3.64. The molecule has 8 heteroatoms. The third-order valence-corrected chi connectivity index (χ3v) is 4.36. The van der Waals surface area contributed by atoms with Crippen molar-refractivity contribution in [2.24, 2.45) is 10.7 Å². The summed E-state index contributed by atoms with van der Waals surface area (Å²) in [6.45, 7) is 0.224. The number of guanidine groups is 1. The molecule has 2 unspecified atom stereocenters. The number of benzene rings is 2. The molecule has 2 aliphatic rings. The summed E-state index contributed by atoms with van der Waals surface area (Å²) in [7, 11) is 0. The average Bonchev–Trinajstić information content (AvgIpc) is 3.09. The van der Waals surface area contributed by atoms with Crippen molar-refractivity contribution in [1.29, 1.82) is 0 Å². The first kappa shape index (κ1) is 15.3.